The standard InChI is InChI=1S/C22H25N5OS/c1-16-7-5-6-10-19(16)27-21(17-11-13-23-14-12-17)25-26-22(27)29-15-20(28)24-18-8-3-2-4-9-18/h5-7,10-14,18H,2-4,8-9,15H2,1H3,(H,24,28). The van der Waals surface area contributed by atoms with Gasteiger partial charge in [-0.1, -0.05) is 49.2 Å². The molecule has 1 aromatic carbocycles. The highest BCUT2D eigenvalue weighted by Gasteiger charge is 2.20. The number of pyridine rings is 1. The maximum Gasteiger partial charge on any atom is 0.230 e. The van der Waals surface area contributed by atoms with Gasteiger partial charge in [-0.05, 0) is 43.5 Å². The number of para-hydroxylation sites is 1. The van der Waals surface area contributed by atoms with Crippen molar-refractivity contribution in [1.29, 1.82) is 0 Å². The number of nitrogens with zero attached hydrogens (tertiary/aromatic N) is 4. The van der Waals surface area contributed by atoms with Crippen molar-refractivity contribution in [2.75, 3.05) is 5.75 Å². The van der Waals surface area contributed by atoms with Gasteiger partial charge >= 0.3 is 0 Å². The molecule has 150 valence electrons. The second-order valence-electron chi connectivity index (χ2n) is 7.36. The highest BCUT2D eigenvalue weighted by molar-refractivity contribution is 7.99. The molecule has 0 aliphatic heterocycles. The van der Waals surface area contributed by atoms with Crippen molar-refractivity contribution in [2.45, 2.75) is 50.2 Å². The quantitative estimate of drug-likeness (QED) is 0.621. The molecule has 1 saturated carbocycles. The predicted molar refractivity (Wildman–Crippen MR) is 115 cm³/mol. The molecule has 1 aliphatic rings. The first-order valence-electron chi connectivity index (χ1n) is 10.1. The lowest BCUT2D eigenvalue weighted by atomic mass is 9.95. The maximum absolute atomic E-state index is 12.5. The summed E-state index contributed by atoms with van der Waals surface area (Å²) in [5.41, 5.74) is 3.07. The van der Waals surface area contributed by atoms with Crippen LogP contribution in [-0.2, 0) is 4.79 Å². The van der Waals surface area contributed by atoms with Crippen molar-refractivity contribution >= 4 is 17.7 Å². The smallest absolute Gasteiger partial charge is 0.230 e. The first-order chi connectivity index (χ1) is 14.2. The molecule has 2 heterocycles. The normalized spacial score (nSPS) is 14.7. The molecule has 1 amide bonds. The molecule has 1 fully saturated rings. The van der Waals surface area contributed by atoms with E-state index in [0.717, 1.165) is 35.5 Å². The molecule has 4 rings (SSSR count). The van der Waals surface area contributed by atoms with Crippen LogP contribution in [0.5, 0.6) is 0 Å². The highest BCUT2D eigenvalue weighted by atomic mass is 32.2. The van der Waals surface area contributed by atoms with Crippen molar-refractivity contribution in [3.05, 3.63) is 54.4 Å². The van der Waals surface area contributed by atoms with Gasteiger partial charge in [0.2, 0.25) is 5.91 Å². The van der Waals surface area contributed by atoms with Gasteiger partial charge < -0.3 is 5.32 Å². The number of aromatic nitrogens is 4. The van der Waals surface area contributed by atoms with E-state index in [9.17, 15) is 4.79 Å². The third-order valence-corrected chi connectivity index (χ3v) is 6.16. The number of nitrogens with one attached hydrogen (secondary N) is 1. The van der Waals surface area contributed by atoms with E-state index in [-0.39, 0.29) is 5.91 Å². The summed E-state index contributed by atoms with van der Waals surface area (Å²) in [4.78, 5) is 16.6. The maximum atomic E-state index is 12.5. The van der Waals surface area contributed by atoms with Gasteiger partial charge in [0, 0.05) is 24.0 Å². The van der Waals surface area contributed by atoms with Gasteiger partial charge in [-0.3, -0.25) is 14.3 Å². The van der Waals surface area contributed by atoms with Crippen LogP contribution in [-0.4, -0.2) is 37.5 Å². The second-order valence-corrected chi connectivity index (χ2v) is 8.30. The predicted octanol–water partition coefficient (Wildman–Crippen LogP) is 4.18. The molecular weight excluding hydrogens is 382 g/mol. The molecule has 6 nitrogen and oxygen atoms in total. The summed E-state index contributed by atoms with van der Waals surface area (Å²) in [7, 11) is 0. The minimum Gasteiger partial charge on any atom is -0.353 e. The molecule has 29 heavy (non-hydrogen) atoms. The third kappa shape index (κ3) is 4.67. The van der Waals surface area contributed by atoms with Crippen molar-refractivity contribution in [3.63, 3.8) is 0 Å². The number of carbonyl (C=O) groups excluding carboxylic acids is 1. The summed E-state index contributed by atoms with van der Waals surface area (Å²) >= 11 is 1.42. The SMILES string of the molecule is Cc1ccccc1-n1c(SCC(=O)NC2CCCCC2)nnc1-c1ccncc1. The molecule has 0 radical (unpaired) electrons. The molecule has 2 aromatic heterocycles. The van der Waals surface area contributed by atoms with Gasteiger partial charge in [-0.2, -0.15) is 0 Å². The number of aryl methyl sites for hydroxylation is 1. The Morgan fingerprint density at radius 2 is 1.86 bits per heavy atom. The lowest BCUT2D eigenvalue weighted by Crippen LogP contribution is -2.37. The van der Waals surface area contributed by atoms with E-state index < -0.39 is 0 Å². The van der Waals surface area contributed by atoms with Crippen LogP contribution in [0, 0.1) is 6.92 Å². The van der Waals surface area contributed by atoms with E-state index in [0.29, 0.717) is 17.0 Å². The van der Waals surface area contributed by atoms with Gasteiger partial charge in [0.25, 0.3) is 0 Å². The van der Waals surface area contributed by atoms with Crippen molar-refractivity contribution in [1.82, 2.24) is 25.1 Å². The number of carbonyl (C=O) groups is 1. The van der Waals surface area contributed by atoms with Crippen LogP contribution in [0.2, 0.25) is 0 Å². The first-order valence-corrected chi connectivity index (χ1v) is 11.0. The van der Waals surface area contributed by atoms with Crippen LogP contribution >= 0.6 is 11.8 Å². The van der Waals surface area contributed by atoms with Crippen LogP contribution in [0.15, 0.2) is 53.9 Å². The fraction of sp³-hybridized carbons (Fsp3) is 0.364. The largest absolute Gasteiger partial charge is 0.353 e. The number of benzene rings is 1. The van der Waals surface area contributed by atoms with E-state index >= 15 is 0 Å². The summed E-state index contributed by atoms with van der Waals surface area (Å²) in [6, 6.07) is 12.3. The van der Waals surface area contributed by atoms with Crippen LogP contribution < -0.4 is 5.32 Å². The zero-order chi connectivity index (χ0) is 20.1. The average molecular weight is 408 g/mol. The van der Waals surface area contributed by atoms with E-state index in [2.05, 4.69) is 39.6 Å². The fourth-order valence-corrected chi connectivity index (χ4v) is 4.49. The van der Waals surface area contributed by atoms with Crippen molar-refractivity contribution in [2.24, 2.45) is 0 Å². The van der Waals surface area contributed by atoms with Gasteiger partial charge in [0.15, 0.2) is 11.0 Å². The van der Waals surface area contributed by atoms with Gasteiger partial charge in [0.1, 0.15) is 0 Å². The molecule has 1 N–H and O–H groups in total. The topological polar surface area (TPSA) is 72.7 Å². The molecule has 1 aliphatic carbocycles. The lowest BCUT2D eigenvalue weighted by molar-refractivity contribution is -0.119. The molecule has 7 heteroatoms. The number of rotatable bonds is 6. The van der Waals surface area contributed by atoms with E-state index in [1.807, 2.05) is 28.8 Å². The number of amides is 1. The lowest BCUT2D eigenvalue weighted by Gasteiger charge is -2.22. The minimum atomic E-state index is 0.0618. The van der Waals surface area contributed by atoms with Crippen LogP contribution in [0.1, 0.15) is 37.7 Å². The number of hydrogen-bond acceptors (Lipinski definition) is 5. The van der Waals surface area contributed by atoms with Crippen LogP contribution in [0.25, 0.3) is 17.1 Å². The first kappa shape index (κ1) is 19.6. The number of thioether (sulfide) groups is 1. The fourth-order valence-electron chi connectivity index (χ4n) is 3.73. The van der Waals surface area contributed by atoms with Crippen LogP contribution in [0.4, 0.5) is 0 Å². The van der Waals surface area contributed by atoms with Gasteiger partial charge in [-0.15, -0.1) is 10.2 Å². The van der Waals surface area contributed by atoms with E-state index in [1.165, 1.54) is 31.0 Å². The van der Waals surface area contributed by atoms with Crippen molar-refractivity contribution in [3.8, 4) is 17.1 Å². The summed E-state index contributed by atoms with van der Waals surface area (Å²) in [6.45, 7) is 2.07. The third-order valence-electron chi connectivity index (χ3n) is 5.23. The Hall–Kier alpha value is -2.67. The molecule has 0 saturated heterocycles. The monoisotopic (exact) mass is 407 g/mol. The Labute approximate surface area is 175 Å². The Morgan fingerprint density at radius 3 is 2.62 bits per heavy atom. The molecule has 0 spiro atoms. The minimum absolute atomic E-state index is 0.0618. The van der Waals surface area contributed by atoms with Crippen molar-refractivity contribution < 1.29 is 4.79 Å². The second kappa shape index (κ2) is 9.22. The number of hydrogen-bond donors (Lipinski definition) is 1. The average Bonchev–Trinajstić information content (AvgIpc) is 3.18. The summed E-state index contributed by atoms with van der Waals surface area (Å²) in [5, 5.41) is 12.7. The van der Waals surface area contributed by atoms with E-state index in [1.54, 1.807) is 12.4 Å². The Kier molecular flexibility index (Phi) is 6.24. The summed E-state index contributed by atoms with van der Waals surface area (Å²) in [5.74, 6) is 1.14. The summed E-state index contributed by atoms with van der Waals surface area (Å²) < 4.78 is 2.03. The van der Waals surface area contributed by atoms with Gasteiger partial charge in [-0.25, -0.2) is 0 Å². The zero-order valence-electron chi connectivity index (χ0n) is 16.5. The van der Waals surface area contributed by atoms with E-state index in [4.69, 9.17) is 0 Å². The Balaban J connectivity index is 1.57. The highest BCUT2D eigenvalue weighted by Crippen LogP contribution is 2.29. The van der Waals surface area contributed by atoms with Crippen LogP contribution in [0.3, 0.4) is 0 Å². The molecular formula is C22H25N5OS. The zero-order valence-corrected chi connectivity index (χ0v) is 17.4. The van der Waals surface area contributed by atoms with Gasteiger partial charge in [0.05, 0.1) is 11.4 Å². The molecule has 0 atom stereocenters. The Morgan fingerprint density at radius 1 is 1.10 bits per heavy atom. The molecule has 3 aromatic rings. The Bertz CT molecular complexity index is 966. The molecule has 0 bridgehead atoms. The summed E-state index contributed by atoms with van der Waals surface area (Å²) in [6.07, 6.45) is 9.35. The molecule has 0 unspecified atom stereocenters.